The third-order valence-electron chi connectivity index (χ3n) is 2.32. The molecule has 0 aromatic carbocycles. The van der Waals surface area contributed by atoms with E-state index in [0.29, 0.717) is 6.42 Å². The van der Waals surface area contributed by atoms with E-state index in [1.54, 1.807) is 0 Å². The van der Waals surface area contributed by atoms with Crippen LogP contribution in [0.15, 0.2) is 0 Å². The number of aliphatic carboxylic acids is 3. The molecule has 0 rings (SSSR count). The van der Waals surface area contributed by atoms with Crippen molar-refractivity contribution in [3.8, 4) is 0 Å². The van der Waals surface area contributed by atoms with Gasteiger partial charge >= 0.3 is 0 Å². The van der Waals surface area contributed by atoms with Crippen LogP contribution in [0.5, 0.6) is 0 Å². The highest BCUT2D eigenvalue weighted by Crippen LogP contribution is 2.23. The van der Waals surface area contributed by atoms with Gasteiger partial charge in [0, 0.05) is 26.2 Å². The molecular formula is C15H32O9. The Labute approximate surface area is 142 Å². The van der Waals surface area contributed by atoms with E-state index >= 15 is 0 Å². The highest BCUT2D eigenvalue weighted by atomic mass is 16.4. The van der Waals surface area contributed by atoms with Gasteiger partial charge in [0.05, 0.1) is 19.8 Å². The van der Waals surface area contributed by atoms with Crippen molar-refractivity contribution < 1.29 is 45.0 Å². The van der Waals surface area contributed by atoms with Gasteiger partial charge < -0.3 is 30.6 Å². The molecule has 0 aromatic heterocycles. The highest BCUT2D eigenvalue weighted by molar-refractivity contribution is 5.63. The fourth-order valence-corrected chi connectivity index (χ4v) is 1.14. The Kier molecular flexibility index (Phi) is 26.8. The molecule has 9 heteroatoms. The summed E-state index contributed by atoms with van der Waals surface area (Å²) in [4.78, 5) is 27.0. The molecule has 0 saturated heterocycles. The number of aliphatic hydroxyl groups is 3. The number of rotatable bonds is 7. The Bertz CT molecular complexity index is 263. The second-order valence-electron chi connectivity index (χ2n) is 4.99. The van der Waals surface area contributed by atoms with E-state index in [1.165, 1.54) is 0 Å². The lowest BCUT2D eigenvalue weighted by atomic mass is 9.85. The average Bonchev–Trinajstić information content (AvgIpc) is 2.42. The zero-order valence-corrected chi connectivity index (χ0v) is 14.9. The summed E-state index contributed by atoms with van der Waals surface area (Å²) in [6, 6.07) is 0. The first kappa shape index (κ1) is 30.2. The minimum atomic E-state index is -0.833. The molecule has 0 saturated carbocycles. The van der Waals surface area contributed by atoms with Gasteiger partial charge in [-0.2, -0.15) is 0 Å². The quantitative estimate of drug-likeness (QED) is 0.361. The van der Waals surface area contributed by atoms with Crippen molar-refractivity contribution in [3.05, 3.63) is 0 Å². The first-order valence-corrected chi connectivity index (χ1v) is 7.35. The molecule has 0 bridgehead atoms. The first-order valence-electron chi connectivity index (χ1n) is 7.35. The molecule has 0 aliphatic heterocycles. The van der Waals surface area contributed by atoms with Crippen LogP contribution in [-0.2, 0) is 14.4 Å². The van der Waals surface area contributed by atoms with Crippen LogP contribution >= 0.6 is 0 Å². The van der Waals surface area contributed by atoms with E-state index < -0.39 is 23.3 Å². The summed E-state index contributed by atoms with van der Waals surface area (Å²) >= 11 is 0. The molecule has 0 radical (unpaired) electrons. The molecule has 0 atom stereocenters. The van der Waals surface area contributed by atoms with Crippen LogP contribution in [0.1, 0.15) is 53.4 Å². The van der Waals surface area contributed by atoms with E-state index in [9.17, 15) is 0 Å². The number of hydrogen-bond donors (Lipinski definition) is 6. The van der Waals surface area contributed by atoms with E-state index in [0.717, 1.165) is 40.0 Å². The molecule has 0 aromatic rings. The van der Waals surface area contributed by atoms with Crippen molar-refractivity contribution in [3.63, 3.8) is 0 Å². The van der Waals surface area contributed by atoms with Crippen LogP contribution in [0.4, 0.5) is 0 Å². The second kappa shape index (κ2) is 21.3. The largest absolute Gasteiger partial charge is 0.481 e. The molecule has 0 fully saturated rings. The second-order valence-corrected chi connectivity index (χ2v) is 4.99. The third-order valence-corrected chi connectivity index (χ3v) is 2.32. The summed E-state index contributed by atoms with van der Waals surface area (Å²) in [6.45, 7) is 4.94. The van der Waals surface area contributed by atoms with Crippen molar-refractivity contribution in [1.29, 1.82) is 0 Å². The molecule has 9 nitrogen and oxygen atoms in total. The van der Waals surface area contributed by atoms with Gasteiger partial charge in [-0.25, -0.2) is 0 Å². The zero-order valence-electron chi connectivity index (χ0n) is 14.9. The number of hydrogen-bond acceptors (Lipinski definition) is 6. The lowest BCUT2D eigenvalue weighted by molar-refractivity contribution is -0.135. The predicted molar refractivity (Wildman–Crippen MR) is 87.8 cm³/mol. The van der Waals surface area contributed by atoms with Gasteiger partial charge in [-0.15, -0.1) is 0 Å². The van der Waals surface area contributed by atoms with Crippen LogP contribution in [0.3, 0.4) is 0 Å². The SMILES string of the molecule is CC(=O)O.CC(=O)O.CC(=O)O.CCCCCC(CO)(CO)CO. The van der Waals surface area contributed by atoms with E-state index in [2.05, 4.69) is 6.92 Å². The van der Waals surface area contributed by atoms with Gasteiger partial charge in [-0.1, -0.05) is 26.2 Å². The number of unbranched alkanes of at least 4 members (excludes halogenated alkanes) is 2. The maximum absolute atomic E-state index is 9.00. The summed E-state index contributed by atoms with van der Waals surface area (Å²) < 4.78 is 0. The monoisotopic (exact) mass is 356 g/mol. The van der Waals surface area contributed by atoms with Crippen molar-refractivity contribution >= 4 is 17.9 Å². The molecule has 0 aliphatic rings. The average molecular weight is 356 g/mol. The minimum Gasteiger partial charge on any atom is -0.481 e. The van der Waals surface area contributed by atoms with Crippen LogP contribution in [0.25, 0.3) is 0 Å². The minimum absolute atomic E-state index is 0.135. The summed E-state index contributed by atoms with van der Waals surface area (Å²) in [5.74, 6) is -2.50. The Morgan fingerprint density at radius 1 is 0.708 bits per heavy atom. The van der Waals surface area contributed by atoms with Gasteiger partial charge in [-0.05, 0) is 6.42 Å². The number of aliphatic hydroxyl groups excluding tert-OH is 3. The normalized spacial score (nSPS) is 9.12. The number of carboxylic acid groups (broad SMARTS) is 3. The molecule has 146 valence electrons. The van der Waals surface area contributed by atoms with E-state index in [4.69, 9.17) is 45.0 Å². The van der Waals surface area contributed by atoms with Gasteiger partial charge in [0.2, 0.25) is 0 Å². The van der Waals surface area contributed by atoms with E-state index in [1.807, 2.05) is 0 Å². The van der Waals surface area contributed by atoms with Crippen molar-refractivity contribution in [2.45, 2.75) is 53.4 Å². The van der Waals surface area contributed by atoms with Crippen LogP contribution in [-0.4, -0.2) is 68.4 Å². The van der Waals surface area contributed by atoms with Crippen LogP contribution in [0.2, 0.25) is 0 Å². The van der Waals surface area contributed by atoms with Crippen molar-refractivity contribution in [1.82, 2.24) is 0 Å². The fourth-order valence-electron chi connectivity index (χ4n) is 1.14. The smallest absolute Gasteiger partial charge is 0.300 e. The van der Waals surface area contributed by atoms with Crippen molar-refractivity contribution in [2.24, 2.45) is 5.41 Å². The van der Waals surface area contributed by atoms with Gasteiger partial charge in [0.25, 0.3) is 17.9 Å². The lowest BCUT2D eigenvalue weighted by Gasteiger charge is -2.26. The standard InChI is InChI=1S/C9H20O3.3C2H4O2/c1-2-3-4-5-9(6-10,7-11)8-12;3*1-2(3)4/h10-12H,2-8H2,1H3;3*1H3,(H,3,4). The molecule has 0 spiro atoms. The first-order chi connectivity index (χ1) is 10.9. The maximum atomic E-state index is 9.00. The Morgan fingerprint density at radius 2 is 0.958 bits per heavy atom. The molecule has 0 amide bonds. The molecule has 0 unspecified atom stereocenters. The highest BCUT2D eigenvalue weighted by Gasteiger charge is 2.26. The van der Waals surface area contributed by atoms with Gasteiger partial charge in [0.15, 0.2) is 0 Å². The summed E-state index contributed by atoms with van der Waals surface area (Å²) in [5.41, 5.74) is -0.658. The lowest BCUT2D eigenvalue weighted by Crippen LogP contribution is -2.33. The Balaban J connectivity index is -0.000000137. The Morgan fingerprint density at radius 3 is 1.12 bits per heavy atom. The zero-order chi connectivity index (χ0) is 20.2. The molecule has 0 heterocycles. The number of carboxylic acids is 3. The van der Waals surface area contributed by atoms with E-state index in [-0.39, 0.29) is 19.8 Å². The fraction of sp³-hybridized carbons (Fsp3) is 0.800. The summed E-state index contributed by atoms with van der Waals surface area (Å²) in [5, 5.41) is 49.1. The maximum Gasteiger partial charge on any atom is 0.300 e. The third kappa shape index (κ3) is 42.7. The molecule has 24 heavy (non-hydrogen) atoms. The van der Waals surface area contributed by atoms with Gasteiger partial charge in [0.1, 0.15) is 0 Å². The topological polar surface area (TPSA) is 173 Å². The molecule has 0 aliphatic carbocycles. The van der Waals surface area contributed by atoms with Gasteiger partial charge in [-0.3, -0.25) is 14.4 Å². The predicted octanol–water partition coefficient (Wildman–Crippen LogP) is 0.803. The number of carbonyl (C=O) groups is 3. The Hall–Kier alpha value is -1.71. The van der Waals surface area contributed by atoms with Crippen LogP contribution < -0.4 is 0 Å². The summed E-state index contributed by atoms with van der Waals surface area (Å²) in [6.07, 6.45) is 3.85. The summed E-state index contributed by atoms with van der Waals surface area (Å²) in [7, 11) is 0. The van der Waals surface area contributed by atoms with Crippen LogP contribution in [0, 0.1) is 5.41 Å². The van der Waals surface area contributed by atoms with Crippen molar-refractivity contribution in [2.75, 3.05) is 19.8 Å². The molecule has 6 N–H and O–H groups in total. The molecular weight excluding hydrogens is 324 g/mol.